The van der Waals surface area contributed by atoms with Crippen LogP contribution in [0.5, 0.6) is 11.5 Å². The van der Waals surface area contributed by atoms with E-state index in [4.69, 9.17) is 15.2 Å². The van der Waals surface area contributed by atoms with E-state index in [1.54, 1.807) is 7.11 Å². The van der Waals surface area contributed by atoms with E-state index in [-0.39, 0.29) is 12.0 Å². The van der Waals surface area contributed by atoms with E-state index in [0.29, 0.717) is 6.54 Å². The predicted molar refractivity (Wildman–Crippen MR) is 89.5 cm³/mol. The Kier molecular flexibility index (Phi) is 6.00. The number of hydrogen-bond acceptors (Lipinski definition) is 4. The molecule has 0 saturated heterocycles. The molecule has 0 aromatic heterocycles. The molecule has 2 aromatic rings. The zero-order valence-corrected chi connectivity index (χ0v) is 13.4. The van der Waals surface area contributed by atoms with Crippen LogP contribution in [0.4, 0.5) is 0 Å². The second-order valence-corrected chi connectivity index (χ2v) is 5.24. The Hall–Kier alpha value is -2.53. The first-order valence-corrected chi connectivity index (χ1v) is 7.49. The second kappa shape index (κ2) is 8.19. The molecule has 0 saturated carbocycles. The summed E-state index contributed by atoms with van der Waals surface area (Å²) in [4.78, 5) is 12.1. The second-order valence-electron chi connectivity index (χ2n) is 5.24. The topological polar surface area (TPSA) is 73.6 Å². The zero-order chi connectivity index (χ0) is 16.7. The maximum absolute atomic E-state index is 12.1. The number of amides is 1. The van der Waals surface area contributed by atoms with Gasteiger partial charge in [-0.15, -0.1) is 0 Å². The first-order chi connectivity index (χ1) is 11.1. The summed E-state index contributed by atoms with van der Waals surface area (Å²) >= 11 is 0. The summed E-state index contributed by atoms with van der Waals surface area (Å²) < 4.78 is 10.8. The van der Waals surface area contributed by atoms with Gasteiger partial charge in [0.1, 0.15) is 23.6 Å². The molecule has 2 aromatic carbocycles. The van der Waals surface area contributed by atoms with Crippen LogP contribution in [0.25, 0.3) is 0 Å². The van der Waals surface area contributed by atoms with Crippen molar-refractivity contribution in [3.8, 4) is 11.5 Å². The van der Waals surface area contributed by atoms with E-state index in [1.807, 2.05) is 61.5 Å². The summed E-state index contributed by atoms with van der Waals surface area (Å²) in [6, 6.07) is 15.9. The highest BCUT2D eigenvalue weighted by molar-refractivity contribution is 5.82. The Labute approximate surface area is 136 Å². The maximum Gasteiger partial charge on any atom is 0.241 e. The molecule has 3 N–H and O–H groups in total. The average molecular weight is 314 g/mol. The molecule has 2 rings (SSSR count). The fourth-order valence-electron chi connectivity index (χ4n) is 2.09. The number of rotatable bonds is 7. The SMILES string of the molecule is COc1ccc(OC(C)CNC(=O)C(N)c2ccccc2)cc1. The number of ether oxygens (including phenoxy) is 2. The van der Waals surface area contributed by atoms with Gasteiger partial charge in [-0.05, 0) is 36.8 Å². The van der Waals surface area contributed by atoms with E-state index in [0.717, 1.165) is 17.1 Å². The van der Waals surface area contributed by atoms with Crippen molar-refractivity contribution >= 4 is 5.91 Å². The molecule has 0 aliphatic rings. The number of methoxy groups -OCH3 is 1. The lowest BCUT2D eigenvalue weighted by Gasteiger charge is -2.18. The van der Waals surface area contributed by atoms with E-state index in [9.17, 15) is 4.79 Å². The van der Waals surface area contributed by atoms with Crippen LogP contribution in [0, 0.1) is 0 Å². The van der Waals surface area contributed by atoms with Crippen LogP contribution in [-0.4, -0.2) is 25.7 Å². The van der Waals surface area contributed by atoms with Gasteiger partial charge in [0.2, 0.25) is 5.91 Å². The molecular weight excluding hydrogens is 292 g/mol. The van der Waals surface area contributed by atoms with Crippen molar-refractivity contribution < 1.29 is 14.3 Å². The lowest BCUT2D eigenvalue weighted by atomic mass is 10.1. The molecule has 2 unspecified atom stereocenters. The van der Waals surface area contributed by atoms with Gasteiger partial charge >= 0.3 is 0 Å². The molecule has 2 atom stereocenters. The van der Waals surface area contributed by atoms with Crippen molar-refractivity contribution in [1.29, 1.82) is 0 Å². The van der Waals surface area contributed by atoms with Gasteiger partial charge in [0.15, 0.2) is 0 Å². The Bertz CT molecular complexity index is 614. The highest BCUT2D eigenvalue weighted by atomic mass is 16.5. The normalized spacial score (nSPS) is 13.0. The monoisotopic (exact) mass is 314 g/mol. The molecule has 1 amide bonds. The van der Waals surface area contributed by atoms with Crippen LogP contribution in [0.15, 0.2) is 54.6 Å². The molecule has 5 nitrogen and oxygen atoms in total. The molecule has 5 heteroatoms. The fraction of sp³-hybridized carbons (Fsp3) is 0.278. The van der Waals surface area contributed by atoms with Gasteiger partial charge in [-0.2, -0.15) is 0 Å². The van der Waals surface area contributed by atoms with Crippen LogP contribution in [0.3, 0.4) is 0 Å². The van der Waals surface area contributed by atoms with Gasteiger partial charge in [0.25, 0.3) is 0 Å². The third-order valence-electron chi connectivity index (χ3n) is 3.40. The van der Waals surface area contributed by atoms with Gasteiger partial charge in [0.05, 0.1) is 13.7 Å². The smallest absolute Gasteiger partial charge is 0.241 e. The molecule has 0 radical (unpaired) electrons. The number of carbonyl (C=O) groups is 1. The predicted octanol–water partition coefficient (Wildman–Crippen LogP) is 2.28. The van der Waals surface area contributed by atoms with Gasteiger partial charge in [-0.25, -0.2) is 0 Å². The van der Waals surface area contributed by atoms with Crippen LogP contribution in [-0.2, 0) is 4.79 Å². The molecule has 0 aliphatic heterocycles. The van der Waals surface area contributed by atoms with Gasteiger partial charge in [0, 0.05) is 0 Å². The summed E-state index contributed by atoms with van der Waals surface area (Å²) in [7, 11) is 1.62. The quantitative estimate of drug-likeness (QED) is 0.822. The van der Waals surface area contributed by atoms with E-state index in [2.05, 4.69) is 5.32 Å². The number of nitrogens with one attached hydrogen (secondary N) is 1. The highest BCUT2D eigenvalue weighted by Crippen LogP contribution is 2.18. The summed E-state index contributed by atoms with van der Waals surface area (Å²) in [5.41, 5.74) is 6.73. The first-order valence-electron chi connectivity index (χ1n) is 7.49. The third kappa shape index (κ3) is 5.00. The van der Waals surface area contributed by atoms with Gasteiger partial charge < -0.3 is 20.5 Å². The maximum atomic E-state index is 12.1. The average Bonchev–Trinajstić information content (AvgIpc) is 2.60. The van der Waals surface area contributed by atoms with Crippen molar-refractivity contribution in [2.24, 2.45) is 5.73 Å². The number of nitrogens with two attached hydrogens (primary N) is 1. The number of carbonyl (C=O) groups excluding carboxylic acids is 1. The summed E-state index contributed by atoms with van der Waals surface area (Å²) in [6.45, 7) is 2.27. The Morgan fingerprint density at radius 3 is 2.30 bits per heavy atom. The Balaban J connectivity index is 1.81. The minimum atomic E-state index is -0.676. The molecular formula is C18H22N2O3. The van der Waals surface area contributed by atoms with Crippen LogP contribution in [0.1, 0.15) is 18.5 Å². The summed E-state index contributed by atoms with van der Waals surface area (Å²) in [5.74, 6) is 1.27. The number of hydrogen-bond donors (Lipinski definition) is 2. The van der Waals surface area contributed by atoms with Crippen molar-refractivity contribution in [2.45, 2.75) is 19.1 Å². The standard InChI is InChI=1S/C18H22N2O3/c1-13(23-16-10-8-15(22-2)9-11-16)12-20-18(21)17(19)14-6-4-3-5-7-14/h3-11,13,17H,12,19H2,1-2H3,(H,20,21). The van der Waals surface area contributed by atoms with Crippen molar-refractivity contribution in [2.75, 3.05) is 13.7 Å². The molecule has 0 aliphatic carbocycles. The lowest BCUT2D eigenvalue weighted by molar-refractivity contribution is -0.122. The third-order valence-corrected chi connectivity index (χ3v) is 3.40. The van der Waals surface area contributed by atoms with E-state index < -0.39 is 6.04 Å². The van der Waals surface area contributed by atoms with E-state index >= 15 is 0 Å². The molecule has 0 heterocycles. The van der Waals surface area contributed by atoms with E-state index in [1.165, 1.54) is 0 Å². The minimum Gasteiger partial charge on any atom is -0.497 e. The molecule has 0 bridgehead atoms. The van der Waals surface area contributed by atoms with Crippen LogP contribution in [0.2, 0.25) is 0 Å². The van der Waals surface area contributed by atoms with Gasteiger partial charge in [-0.3, -0.25) is 4.79 Å². The molecule has 23 heavy (non-hydrogen) atoms. The minimum absolute atomic E-state index is 0.171. The van der Waals surface area contributed by atoms with Crippen molar-refractivity contribution in [1.82, 2.24) is 5.32 Å². The lowest BCUT2D eigenvalue weighted by Crippen LogP contribution is -2.39. The zero-order valence-electron chi connectivity index (χ0n) is 13.4. The van der Waals surface area contributed by atoms with Gasteiger partial charge in [-0.1, -0.05) is 30.3 Å². The van der Waals surface area contributed by atoms with Crippen LogP contribution >= 0.6 is 0 Å². The first kappa shape index (κ1) is 16.8. The molecule has 0 spiro atoms. The Morgan fingerprint density at radius 1 is 1.09 bits per heavy atom. The molecule has 0 fully saturated rings. The fourth-order valence-corrected chi connectivity index (χ4v) is 2.09. The highest BCUT2D eigenvalue weighted by Gasteiger charge is 2.16. The Morgan fingerprint density at radius 2 is 1.70 bits per heavy atom. The molecule has 122 valence electrons. The number of benzene rings is 2. The van der Waals surface area contributed by atoms with Crippen LogP contribution < -0.4 is 20.5 Å². The largest absolute Gasteiger partial charge is 0.497 e. The summed E-state index contributed by atoms with van der Waals surface area (Å²) in [6.07, 6.45) is -0.171. The summed E-state index contributed by atoms with van der Waals surface area (Å²) in [5, 5.41) is 2.81. The van der Waals surface area contributed by atoms with Crippen molar-refractivity contribution in [3.63, 3.8) is 0 Å². The van der Waals surface area contributed by atoms with Crippen molar-refractivity contribution in [3.05, 3.63) is 60.2 Å².